The zero-order chi connectivity index (χ0) is 22.8. The third kappa shape index (κ3) is 4.27. The van der Waals surface area contributed by atoms with Crippen LogP contribution in [0.1, 0.15) is 38.1 Å². The zero-order valence-electron chi connectivity index (χ0n) is 18.8. The number of methoxy groups -OCH3 is 1. The van der Waals surface area contributed by atoms with E-state index in [9.17, 15) is 4.79 Å². The predicted octanol–water partition coefficient (Wildman–Crippen LogP) is 5.05. The number of hydrogen-bond acceptors (Lipinski definition) is 7. The highest BCUT2D eigenvalue weighted by molar-refractivity contribution is 7.99. The molecule has 4 rings (SSSR count). The van der Waals surface area contributed by atoms with E-state index in [1.54, 1.807) is 12.0 Å². The maximum atomic E-state index is 12.9. The number of aryl methyl sites for hydroxylation is 1. The number of ether oxygens (including phenoxy) is 2. The second kappa shape index (κ2) is 9.16. The lowest BCUT2D eigenvalue weighted by Crippen LogP contribution is -2.36. The van der Waals surface area contributed by atoms with Crippen molar-refractivity contribution in [3.63, 3.8) is 0 Å². The Kier molecular flexibility index (Phi) is 6.32. The molecule has 3 aromatic rings. The van der Waals surface area contributed by atoms with Crippen molar-refractivity contribution in [3.8, 4) is 22.9 Å². The molecule has 0 saturated heterocycles. The quantitative estimate of drug-likeness (QED) is 0.504. The molecule has 32 heavy (non-hydrogen) atoms. The van der Waals surface area contributed by atoms with Crippen molar-refractivity contribution in [2.75, 3.05) is 17.8 Å². The number of fused-ring (bicyclic) bond motifs is 3. The minimum atomic E-state index is -0.772. The lowest BCUT2D eigenvalue weighted by atomic mass is 10.0. The highest BCUT2D eigenvalue weighted by Crippen LogP contribution is 2.45. The van der Waals surface area contributed by atoms with Crippen LogP contribution >= 0.6 is 11.8 Å². The molecule has 1 unspecified atom stereocenters. The molecular weight excluding hydrogens is 424 g/mol. The van der Waals surface area contributed by atoms with E-state index in [0.717, 1.165) is 22.4 Å². The van der Waals surface area contributed by atoms with Crippen LogP contribution in [-0.2, 0) is 4.79 Å². The van der Waals surface area contributed by atoms with Crippen LogP contribution in [0.3, 0.4) is 0 Å². The number of hydrogen-bond donors (Lipinski definition) is 0. The van der Waals surface area contributed by atoms with Gasteiger partial charge in [0.15, 0.2) is 5.69 Å². The van der Waals surface area contributed by atoms with Gasteiger partial charge in [-0.2, -0.15) is 4.98 Å². The summed E-state index contributed by atoms with van der Waals surface area (Å²) in [4.78, 5) is 19.2. The first-order chi connectivity index (χ1) is 15.4. The van der Waals surface area contributed by atoms with E-state index in [4.69, 9.17) is 9.47 Å². The third-order valence-electron chi connectivity index (χ3n) is 5.05. The van der Waals surface area contributed by atoms with E-state index in [-0.39, 0.29) is 5.91 Å². The Morgan fingerprint density at radius 1 is 1.22 bits per heavy atom. The number of carbonyl (C=O) groups is 1. The average molecular weight is 451 g/mol. The number of nitrogens with zero attached hydrogens (tertiary/aromatic N) is 4. The van der Waals surface area contributed by atoms with Crippen molar-refractivity contribution in [2.45, 2.75) is 39.1 Å². The molecule has 1 aliphatic heterocycles. The molecule has 166 valence electrons. The number of benzene rings is 2. The van der Waals surface area contributed by atoms with E-state index < -0.39 is 6.23 Å². The van der Waals surface area contributed by atoms with Gasteiger partial charge >= 0.3 is 0 Å². The summed E-state index contributed by atoms with van der Waals surface area (Å²) in [6, 6.07) is 13.4. The van der Waals surface area contributed by atoms with Gasteiger partial charge in [0.2, 0.25) is 23.2 Å². The number of anilines is 1. The Morgan fingerprint density at radius 3 is 2.72 bits per heavy atom. The monoisotopic (exact) mass is 450 g/mol. The molecule has 1 atom stereocenters. The molecule has 2 aromatic carbocycles. The summed E-state index contributed by atoms with van der Waals surface area (Å²) in [6.45, 7) is 7.80. The highest BCUT2D eigenvalue weighted by Gasteiger charge is 2.36. The van der Waals surface area contributed by atoms with Gasteiger partial charge in [-0.1, -0.05) is 49.4 Å². The number of carbonyl (C=O) groups excluding carboxylic acids is 1. The molecule has 0 N–H and O–H groups in total. The van der Waals surface area contributed by atoms with Crippen molar-refractivity contribution in [1.82, 2.24) is 15.2 Å². The number of para-hydroxylation sites is 1. The number of aromatic nitrogens is 3. The topological polar surface area (TPSA) is 77.4 Å². The Labute approximate surface area is 192 Å². The summed E-state index contributed by atoms with van der Waals surface area (Å²) in [7, 11) is 1.60. The molecule has 8 heteroatoms. The molecule has 0 radical (unpaired) electrons. The summed E-state index contributed by atoms with van der Waals surface area (Å²) >= 11 is 1.53. The molecule has 0 saturated carbocycles. The molecule has 1 amide bonds. The fraction of sp³-hybridized carbons (Fsp3) is 0.333. The van der Waals surface area contributed by atoms with E-state index in [0.29, 0.717) is 34.1 Å². The molecule has 0 spiro atoms. The largest absolute Gasteiger partial charge is 0.496 e. The summed E-state index contributed by atoms with van der Waals surface area (Å²) < 4.78 is 12.0. The lowest BCUT2D eigenvalue weighted by Gasteiger charge is -2.30. The summed E-state index contributed by atoms with van der Waals surface area (Å²) in [5, 5.41) is 9.35. The molecular formula is C24H26N4O3S. The number of rotatable bonds is 5. The van der Waals surface area contributed by atoms with Crippen LogP contribution < -0.4 is 14.4 Å². The first-order valence-corrected chi connectivity index (χ1v) is 11.5. The van der Waals surface area contributed by atoms with Crippen molar-refractivity contribution < 1.29 is 14.3 Å². The van der Waals surface area contributed by atoms with Crippen LogP contribution in [-0.4, -0.2) is 34.0 Å². The van der Waals surface area contributed by atoms with E-state index in [1.165, 1.54) is 18.7 Å². The van der Waals surface area contributed by atoms with Gasteiger partial charge in [0.1, 0.15) is 5.75 Å². The molecule has 0 aliphatic carbocycles. The first-order valence-electron chi connectivity index (χ1n) is 10.5. The number of thioether (sulfide) groups is 1. The van der Waals surface area contributed by atoms with Gasteiger partial charge in [0.25, 0.3) is 0 Å². The van der Waals surface area contributed by atoms with Crippen molar-refractivity contribution in [3.05, 3.63) is 53.6 Å². The third-order valence-corrected chi connectivity index (χ3v) is 6.31. The first kappa shape index (κ1) is 22.1. The van der Waals surface area contributed by atoms with Crippen molar-refractivity contribution in [1.29, 1.82) is 0 Å². The van der Waals surface area contributed by atoms with E-state index in [2.05, 4.69) is 29.0 Å². The van der Waals surface area contributed by atoms with Crippen molar-refractivity contribution >= 4 is 23.4 Å². The van der Waals surface area contributed by atoms with Gasteiger partial charge in [-0.05, 0) is 37.1 Å². The minimum absolute atomic E-state index is 0.166. The van der Waals surface area contributed by atoms with E-state index in [1.807, 2.05) is 49.4 Å². The van der Waals surface area contributed by atoms with Crippen LogP contribution in [0.25, 0.3) is 11.3 Å². The fourth-order valence-electron chi connectivity index (χ4n) is 3.59. The zero-order valence-corrected chi connectivity index (χ0v) is 19.6. The summed E-state index contributed by atoms with van der Waals surface area (Å²) in [5.41, 5.74) is 3.72. The normalized spacial score (nSPS) is 14.9. The highest BCUT2D eigenvalue weighted by atomic mass is 32.2. The van der Waals surface area contributed by atoms with Crippen molar-refractivity contribution in [2.24, 2.45) is 5.92 Å². The van der Waals surface area contributed by atoms with Crippen LogP contribution in [0.15, 0.2) is 47.6 Å². The lowest BCUT2D eigenvalue weighted by molar-refractivity contribution is -0.118. The Morgan fingerprint density at radius 2 is 2.00 bits per heavy atom. The Bertz CT molecular complexity index is 1150. The van der Waals surface area contributed by atoms with Crippen LogP contribution in [0.5, 0.6) is 11.6 Å². The van der Waals surface area contributed by atoms with Gasteiger partial charge in [0.05, 0.1) is 18.4 Å². The summed E-state index contributed by atoms with van der Waals surface area (Å²) in [6.07, 6.45) is -0.772. The van der Waals surface area contributed by atoms with Gasteiger partial charge in [0, 0.05) is 18.2 Å². The van der Waals surface area contributed by atoms with Crippen LogP contribution in [0.2, 0.25) is 0 Å². The molecule has 7 nitrogen and oxygen atoms in total. The van der Waals surface area contributed by atoms with E-state index >= 15 is 0 Å². The Hall–Kier alpha value is -3.13. The fourth-order valence-corrected chi connectivity index (χ4v) is 4.32. The summed E-state index contributed by atoms with van der Waals surface area (Å²) in [5.74, 6) is 2.16. The van der Waals surface area contributed by atoms with Gasteiger partial charge in [-0.25, -0.2) is 0 Å². The SMILES string of the molecule is COc1ccccc1C1Oc2nc(SCC(C)C)nnc2-c2cc(C)ccc2N1C(C)=O. The molecule has 0 bridgehead atoms. The average Bonchev–Trinajstić information content (AvgIpc) is 2.91. The second-order valence-electron chi connectivity index (χ2n) is 8.07. The second-order valence-corrected chi connectivity index (χ2v) is 9.06. The predicted molar refractivity (Wildman–Crippen MR) is 125 cm³/mol. The van der Waals surface area contributed by atoms with Crippen LogP contribution in [0, 0.1) is 12.8 Å². The maximum Gasteiger partial charge on any atom is 0.247 e. The molecule has 0 fully saturated rings. The molecule has 2 heterocycles. The minimum Gasteiger partial charge on any atom is -0.496 e. The number of amides is 1. The Balaban J connectivity index is 1.93. The van der Waals surface area contributed by atoms with Gasteiger partial charge in [-0.3, -0.25) is 9.69 Å². The smallest absolute Gasteiger partial charge is 0.247 e. The maximum absolute atomic E-state index is 12.9. The van der Waals surface area contributed by atoms with Gasteiger partial charge in [-0.15, -0.1) is 10.2 Å². The van der Waals surface area contributed by atoms with Gasteiger partial charge < -0.3 is 9.47 Å². The van der Waals surface area contributed by atoms with Crippen LogP contribution in [0.4, 0.5) is 5.69 Å². The molecule has 1 aromatic heterocycles. The standard InChI is InChI=1S/C24H26N4O3S/c1-14(2)13-32-24-25-22-21(26-27-24)18-12-15(3)10-11-19(18)28(16(4)29)23(31-22)17-8-6-7-9-20(17)30-5/h6-12,14,23H,13H2,1-5H3. The molecule has 1 aliphatic rings.